The second-order valence-electron chi connectivity index (χ2n) is 9.68. The summed E-state index contributed by atoms with van der Waals surface area (Å²) in [5.41, 5.74) is 0.882. The molecule has 3 fully saturated rings. The highest BCUT2D eigenvalue weighted by atomic mass is 32.8. The molecule has 4 atom stereocenters. The Morgan fingerprint density at radius 2 is 1.86 bits per heavy atom. The first-order chi connectivity index (χ1) is 15.8. The number of hydrogen-bond acceptors (Lipinski definition) is 6. The van der Waals surface area contributed by atoms with E-state index in [2.05, 4.69) is 53.7 Å². The van der Waals surface area contributed by atoms with Crippen molar-refractivity contribution in [2.45, 2.75) is 80.7 Å². The molecule has 36 heavy (non-hydrogen) atoms. The number of unbranched alkanes of at least 4 members (excludes halogenated alkanes) is 1. The van der Waals surface area contributed by atoms with Crippen molar-refractivity contribution < 1.29 is 19.8 Å². The molecule has 3 saturated carbocycles. The predicted octanol–water partition coefficient (Wildman–Crippen LogP) is 7.49. The number of phenolic OH excluding ortho intramolecular Hbond substituents is 1. The number of allylic oxidation sites excluding steroid dienone is 2. The Labute approximate surface area is 231 Å². The van der Waals surface area contributed by atoms with Crippen LogP contribution in [0.4, 0.5) is 0 Å². The molecule has 1 aromatic heterocycles. The van der Waals surface area contributed by atoms with E-state index in [1.54, 1.807) is 12.1 Å². The van der Waals surface area contributed by atoms with E-state index in [-0.39, 0.29) is 51.8 Å². The molecule has 2 aromatic rings. The van der Waals surface area contributed by atoms with Gasteiger partial charge in [0, 0.05) is 50.3 Å². The van der Waals surface area contributed by atoms with Crippen LogP contribution in [0.1, 0.15) is 85.0 Å². The van der Waals surface area contributed by atoms with Crippen LogP contribution in [0.5, 0.6) is 5.75 Å². The molecular formula is C28H43NO4S3. The van der Waals surface area contributed by atoms with Gasteiger partial charge in [-0.15, -0.1) is 11.3 Å². The SMILES string of the molecule is C.C.C.CC1(C)[C@@H]2C[C@@H](C/C=C\CCCC(=O)O)[C@H](NC(=O)c3csc4ccc(O)cc34)[C@H]1C2.S=S. The van der Waals surface area contributed by atoms with E-state index in [1.165, 1.54) is 17.8 Å². The molecule has 2 bridgehead atoms. The molecule has 0 radical (unpaired) electrons. The number of phenols is 1. The molecule has 0 saturated heterocycles. The summed E-state index contributed by atoms with van der Waals surface area (Å²) in [7, 11) is 0. The van der Waals surface area contributed by atoms with Crippen molar-refractivity contribution in [3.05, 3.63) is 41.3 Å². The Morgan fingerprint density at radius 3 is 2.50 bits per heavy atom. The van der Waals surface area contributed by atoms with E-state index in [0.29, 0.717) is 29.7 Å². The number of amides is 1. The van der Waals surface area contributed by atoms with Crippen molar-refractivity contribution >= 4 is 55.7 Å². The maximum absolute atomic E-state index is 13.2. The van der Waals surface area contributed by atoms with Crippen molar-refractivity contribution in [2.75, 3.05) is 0 Å². The molecule has 202 valence electrons. The number of rotatable bonds is 8. The quantitative estimate of drug-likeness (QED) is 0.232. The Hall–Kier alpha value is -1.90. The topological polar surface area (TPSA) is 86.6 Å². The first kappa shape index (κ1) is 34.1. The van der Waals surface area contributed by atoms with Gasteiger partial charge in [-0.2, -0.15) is 0 Å². The molecule has 1 aromatic carbocycles. The fourth-order valence-corrected chi connectivity index (χ4v) is 6.47. The molecule has 5 rings (SSSR count). The van der Waals surface area contributed by atoms with Crippen molar-refractivity contribution in [1.29, 1.82) is 0 Å². The molecule has 0 aliphatic heterocycles. The zero-order valence-electron chi connectivity index (χ0n) is 19.0. The molecule has 5 nitrogen and oxygen atoms in total. The summed E-state index contributed by atoms with van der Waals surface area (Å²) in [4.78, 5) is 23.9. The highest BCUT2D eigenvalue weighted by molar-refractivity contribution is 8.07. The summed E-state index contributed by atoms with van der Waals surface area (Å²) < 4.78 is 0.997. The average Bonchev–Trinajstić information content (AvgIpc) is 3.20. The third-order valence-corrected chi connectivity index (χ3v) is 8.50. The van der Waals surface area contributed by atoms with Crippen LogP contribution in [0, 0.1) is 23.2 Å². The zero-order chi connectivity index (χ0) is 24.2. The molecule has 8 heteroatoms. The third kappa shape index (κ3) is 7.33. The van der Waals surface area contributed by atoms with Gasteiger partial charge in [-0.25, -0.2) is 0 Å². The summed E-state index contributed by atoms with van der Waals surface area (Å²) >= 11 is 8.86. The molecule has 1 amide bonds. The lowest BCUT2D eigenvalue weighted by molar-refractivity contribution is -0.137. The highest BCUT2D eigenvalue weighted by Gasteiger charge is 2.57. The van der Waals surface area contributed by atoms with E-state index in [4.69, 9.17) is 5.11 Å². The molecule has 3 aliphatic rings. The minimum Gasteiger partial charge on any atom is -0.508 e. The normalized spacial score (nSPS) is 23.1. The van der Waals surface area contributed by atoms with Gasteiger partial charge in [0.15, 0.2) is 0 Å². The second kappa shape index (κ2) is 14.7. The van der Waals surface area contributed by atoms with E-state index >= 15 is 0 Å². The van der Waals surface area contributed by atoms with E-state index in [9.17, 15) is 14.7 Å². The van der Waals surface area contributed by atoms with Crippen molar-refractivity contribution in [3.8, 4) is 5.75 Å². The highest BCUT2D eigenvalue weighted by Crippen LogP contribution is 2.61. The van der Waals surface area contributed by atoms with E-state index in [1.807, 2.05) is 11.4 Å². The third-order valence-electron chi connectivity index (χ3n) is 7.54. The molecule has 0 spiro atoms. The number of carbonyl (C=O) groups is 2. The van der Waals surface area contributed by atoms with Crippen LogP contribution in [0.2, 0.25) is 0 Å². The Morgan fingerprint density at radius 1 is 1.17 bits per heavy atom. The van der Waals surface area contributed by atoms with Gasteiger partial charge in [-0.1, -0.05) is 48.3 Å². The van der Waals surface area contributed by atoms with Crippen molar-refractivity contribution in [1.82, 2.24) is 5.32 Å². The van der Waals surface area contributed by atoms with Crippen LogP contribution in [-0.4, -0.2) is 28.1 Å². The minimum atomic E-state index is -0.750. The van der Waals surface area contributed by atoms with Crippen LogP contribution in [0.15, 0.2) is 35.7 Å². The molecule has 3 aliphatic carbocycles. The number of carboxylic acid groups (broad SMARTS) is 1. The molecule has 1 heterocycles. The van der Waals surface area contributed by atoms with Gasteiger partial charge in [0.25, 0.3) is 5.91 Å². The number of benzene rings is 1. The fraction of sp³-hybridized carbons (Fsp3) is 0.571. The summed E-state index contributed by atoms with van der Waals surface area (Å²) in [6.45, 7) is 4.64. The number of carbonyl (C=O) groups excluding carboxylic acids is 1. The van der Waals surface area contributed by atoms with Gasteiger partial charge in [0.1, 0.15) is 5.75 Å². The molecule has 3 N–H and O–H groups in total. The van der Waals surface area contributed by atoms with Crippen LogP contribution < -0.4 is 5.32 Å². The van der Waals surface area contributed by atoms with E-state index < -0.39 is 5.97 Å². The Bertz CT molecular complexity index is 1030. The van der Waals surface area contributed by atoms with Crippen LogP contribution in [0.3, 0.4) is 0 Å². The van der Waals surface area contributed by atoms with Crippen LogP contribution >= 0.6 is 11.3 Å². The number of fused-ring (bicyclic) bond motifs is 3. The molecule has 0 unspecified atom stereocenters. The van der Waals surface area contributed by atoms with Crippen molar-refractivity contribution in [3.63, 3.8) is 0 Å². The number of aromatic hydroxyl groups is 1. The van der Waals surface area contributed by atoms with E-state index in [0.717, 1.165) is 29.3 Å². The second-order valence-corrected chi connectivity index (χ2v) is 10.6. The number of nitrogens with one attached hydrogen (secondary N) is 1. The van der Waals surface area contributed by atoms with Gasteiger partial charge < -0.3 is 15.5 Å². The van der Waals surface area contributed by atoms with Gasteiger partial charge >= 0.3 is 5.97 Å². The lowest BCUT2D eigenvalue weighted by Crippen LogP contribution is -2.63. The number of carboxylic acids is 1. The Balaban J connectivity index is 0.00000239. The smallest absolute Gasteiger partial charge is 0.303 e. The first-order valence-electron chi connectivity index (χ1n) is 11.3. The standard InChI is InChI=1S/C25H31NO4S.3CH4.S2/c1-25(2)16-11-15(7-5-3-4-6-8-22(28)29)23(20(25)12-16)26-24(30)19-14-31-21-10-9-17(27)13-18(19)21;;;;1-2/h3,5,9-10,13-16,20,23,27H,4,6-8,11-12H2,1-2H3,(H,26,30)(H,28,29);3*1H4;/b5-3-;;;;/t15-,16-,20-,23+;;;;/m1..../s1. The van der Waals surface area contributed by atoms with Gasteiger partial charge in [0.2, 0.25) is 0 Å². The summed E-state index contributed by atoms with van der Waals surface area (Å²) in [6, 6.07) is 5.30. The average molecular weight is 554 g/mol. The minimum absolute atomic E-state index is 0. The predicted molar refractivity (Wildman–Crippen MR) is 158 cm³/mol. The van der Waals surface area contributed by atoms with Gasteiger partial charge in [-0.05, 0) is 73.5 Å². The van der Waals surface area contributed by atoms with Crippen LogP contribution in [-0.2, 0) is 27.2 Å². The lowest BCUT2D eigenvalue weighted by atomic mass is 9.44. The van der Waals surface area contributed by atoms with Crippen LogP contribution in [0.25, 0.3) is 10.1 Å². The maximum atomic E-state index is 13.2. The summed E-state index contributed by atoms with van der Waals surface area (Å²) in [5, 5.41) is 24.7. The van der Waals surface area contributed by atoms with Gasteiger partial charge in [-0.3, -0.25) is 9.59 Å². The monoisotopic (exact) mass is 553 g/mol. The maximum Gasteiger partial charge on any atom is 0.303 e. The first-order valence-corrected chi connectivity index (χ1v) is 13.5. The number of hydrogen-bond donors (Lipinski definition) is 3. The largest absolute Gasteiger partial charge is 0.508 e. The zero-order valence-corrected chi connectivity index (χ0v) is 21.4. The van der Waals surface area contributed by atoms with Crippen molar-refractivity contribution in [2.24, 2.45) is 23.2 Å². The van der Waals surface area contributed by atoms with Gasteiger partial charge in [0.05, 0.1) is 5.56 Å². The summed E-state index contributed by atoms with van der Waals surface area (Å²) in [5.74, 6) is 0.939. The fourth-order valence-electron chi connectivity index (χ4n) is 5.55. The lowest BCUT2D eigenvalue weighted by Gasteiger charge is -2.62. The number of aliphatic carboxylic acids is 1. The number of thiophene rings is 1. The molecular weight excluding hydrogens is 511 g/mol. The summed E-state index contributed by atoms with van der Waals surface area (Å²) in [6.07, 6.45) is 9.08. The Kier molecular flexibility index (Phi) is 14.0.